The van der Waals surface area contributed by atoms with Crippen LogP contribution in [-0.2, 0) is 4.79 Å². The Bertz CT molecular complexity index is 459. The van der Waals surface area contributed by atoms with Crippen LogP contribution in [0.1, 0.15) is 31.7 Å². The second-order valence-electron chi connectivity index (χ2n) is 5.07. The first kappa shape index (κ1) is 11.7. The zero-order chi connectivity index (χ0) is 12.5. The molecule has 1 N–H and O–H groups in total. The van der Waals surface area contributed by atoms with Crippen molar-refractivity contribution in [3.63, 3.8) is 0 Å². The Morgan fingerprint density at radius 2 is 2.06 bits per heavy atom. The van der Waals surface area contributed by atoms with E-state index in [0.29, 0.717) is 5.92 Å². The topological polar surface area (TPSA) is 52.9 Å². The van der Waals surface area contributed by atoms with E-state index in [4.69, 9.17) is 5.26 Å². The fraction of sp³-hybridized carbons (Fsp3) is 0.429. The highest BCUT2D eigenvalue weighted by Crippen LogP contribution is 2.41. The Morgan fingerprint density at radius 1 is 1.41 bits per heavy atom. The number of amides is 1. The van der Waals surface area contributed by atoms with E-state index in [1.54, 1.807) is 13.8 Å². The maximum Gasteiger partial charge on any atom is 0.240 e. The van der Waals surface area contributed by atoms with Crippen LogP contribution in [0, 0.1) is 16.7 Å². The fourth-order valence-corrected chi connectivity index (χ4v) is 1.82. The predicted molar refractivity (Wildman–Crippen MR) is 65.1 cm³/mol. The minimum Gasteiger partial charge on any atom is -0.351 e. The van der Waals surface area contributed by atoms with E-state index in [2.05, 4.69) is 17.4 Å². The average Bonchev–Trinajstić information content (AvgIpc) is 3.09. The largest absolute Gasteiger partial charge is 0.351 e. The molecule has 2 atom stereocenters. The quantitative estimate of drug-likeness (QED) is 0.862. The standard InChI is InChI=1S/C14H16N2O/c1-14(2,9-15)13(17)16-12-8-11(12)10-6-4-3-5-7-10/h3-7,11-12H,8H2,1-2H3,(H,16,17). The molecule has 1 saturated carbocycles. The molecule has 1 aliphatic rings. The van der Waals surface area contributed by atoms with Crippen molar-refractivity contribution in [3.05, 3.63) is 35.9 Å². The molecular formula is C14H16N2O. The van der Waals surface area contributed by atoms with E-state index in [-0.39, 0.29) is 11.9 Å². The molecule has 17 heavy (non-hydrogen) atoms. The lowest BCUT2D eigenvalue weighted by Gasteiger charge is -2.14. The van der Waals surface area contributed by atoms with E-state index in [9.17, 15) is 4.79 Å². The number of benzene rings is 1. The fourth-order valence-electron chi connectivity index (χ4n) is 1.82. The van der Waals surface area contributed by atoms with Crippen LogP contribution in [-0.4, -0.2) is 11.9 Å². The number of hydrogen-bond donors (Lipinski definition) is 1. The highest BCUT2D eigenvalue weighted by atomic mass is 16.2. The number of carbonyl (C=O) groups excluding carboxylic acids is 1. The van der Waals surface area contributed by atoms with Gasteiger partial charge in [0.25, 0.3) is 0 Å². The van der Waals surface area contributed by atoms with Crippen LogP contribution < -0.4 is 5.32 Å². The van der Waals surface area contributed by atoms with Crippen molar-refractivity contribution in [3.8, 4) is 6.07 Å². The third-order valence-corrected chi connectivity index (χ3v) is 3.18. The minimum absolute atomic E-state index is 0.177. The summed E-state index contributed by atoms with van der Waals surface area (Å²) in [4.78, 5) is 11.8. The van der Waals surface area contributed by atoms with Gasteiger partial charge in [0.15, 0.2) is 0 Å². The molecule has 3 heteroatoms. The molecular weight excluding hydrogens is 212 g/mol. The summed E-state index contributed by atoms with van der Waals surface area (Å²) in [5.41, 5.74) is 0.316. The van der Waals surface area contributed by atoms with Crippen molar-refractivity contribution in [2.45, 2.75) is 32.2 Å². The summed E-state index contributed by atoms with van der Waals surface area (Å²) in [6.45, 7) is 3.28. The molecule has 0 aromatic heterocycles. The molecule has 0 saturated heterocycles. The monoisotopic (exact) mass is 228 g/mol. The lowest BCUT2D eigenvalue weighted by molar-refractivity contribution is -0.126. The summed E-state index contributed by atoms with van der Waals surface area (Å²) in [6.07, 6.45) is 0.970. The van der Waals surface area contributed by atoms with Crippen molar-refractivity contribution < 1.29 is 4.79 Å². The van der Waals surface area contributed by atoms with Gasteiger partial charge in [0.05, 0.1) is 6.07 Å². The summed E-state index contributed by atoms with van der Waals surface area (Å²) >= 11 is 0. The lowest BCUT2D eigenvalue weighted by atomic mass is 9.95. The van der Waals surface area contributed by atoms with Crippen LogP contribution in [0.25, 0.3) is 0 Å². The normalized spacial score (nSPS) is 22.6. The highest BCUT2D eigenvalue weighted by molar-refractivity contribution is 5.85. The molecule has 88 valence electrons. The average molecular weight is 228 g/mol. The summed E-state index contributed by atoms with van der Waals surface area (Å²) < 4.78 is 0. The molecule has 0 bridgehead atoms. The van der Waals surface area contributed by atoms with Gasteiger partial charge in [-0.1, -0.05) is 30.3 Å². The summed E-state index contributed by atoms with van der Waals surface area (Å²) in [5, 5.41) is 11.8. The second kappa shape index (κ2) is 4.21. The van der Waals surface area contributed by atoms with E-state index >= 15 is 0 Å². The summed E-state index contributed by atoms with van der Waals surface area (Å²) in [5.74, 6) is 0.234. The smallest absolute Gasteiger partial charge is 0.240 e. The van der Waals surface area contributed by atoms with Gasteiger partial charge in [-0.3, -0.25) is 4.79 Å². The Morgan fingerprint density at radius 3 is 2.65 bits per heavy atom. The highest BCUT2D eigenvalue weighted by Gasteiger charge is 2.41. The Labute approximate surface area is 101 Å². The molecule has 2 rings (SSSR count). The number of carbonyl (C=O) groups is 1. The van der Waals surface area contributed by atoms with E-state index in [1.165, 1.54) is 5.56 Å². The van der Waals surface area contributed by atoms with E-state index in [1.807, 2.05) is 24.3 Å². The molecule has 0 aliphatic heterocycles. The first-order chi connectivity index (χ1) is 8.04. The Balaban J connectivity index is 1.94. The van der Waals surface area contributed by atoms with Crippen molar-refractivity contribution >= 4 is 5.91 Å². The predicted octanol–water partition coefficient (Wildman–Crippen LogP) is 2.21. The van der Waals surface area contributed by atoms with Crippen LogP contribution >= 0.6 is 0 Å². The molecule has 0 spiro atoms. The minimum atomic E-state index is -0.941. The molecule has 2 unspecified atom stereocenters. The van der Waals surface area contributed by atoms with Crippen molar-refractivity contribution in [2.24, 2.45) is 5.41 Å². The van der Waals surface area contributed by atoms with Gasteiger partial charge in [0, 0.05) is 12.0 Å². The lowest BCUT2D eigenvalue weighted by Crippen LogP contribution is -2.37. The van der Waals surface area contributed by atoms with Crippen LogP contribution in [0.5, 0.6) is 0 Å². The maximum atomic E-state index is 11.8. The first-order valence-electron chi connectivity index (χ1n) is 5.82. The van der Waals surface area contributed by atoms with Crippen molar-refractivity contribution in [1.29, 1.82) is 5.26 Å². The van der Waals surface area contributed by atoms with Gasteiger partial charge in [-0.05, 0) is 25.8 Å². The van der Waals surface area contributed by atoms with Gasteiger partial charge in [0.2, 0.25) is 5.91 Å². The van der Waals surface area contributed by atoms with Gasteiger partial charge >= 0.3 is 0 Å². The van der Waals surface area contributed by atoms with Gasteiger partial charge in [-0.15, -0.1) is 0 Å². The van der Waals surface area contributed by atoms with Gasteiger partial charge in [-0.25, -0.2) is 0 Å². The summed E-state index contributed by atoms with van der Waals surface area (Å²) in [7, 11) is 0. The molecule has 0 radical (unpaired) electrons. The van der Waals surface area contributed by atoms with Gasteiger partial charge in [0.1, 0.15) is 5.41 Å². The molecule has 0 heterocycles. The van der Waals surface area contributed by atoms with Crippen LogP contribution in [0.15, 0.2) is 30.3 Å². The Kier molecular flexibility index (Phi) is 2.89. The molecule has 3 nitrogen and oxygen atoms in total. The van der Waals surface area contributed by atoms with Crippen LogP contribution in [0.4, 0.5) is 0 Å². The number of rotatable bonds is 3. The van der Waals surface area contributed by atoms with E-state index in [0.717, 1.165) is 6.42 Å². The Hall–Kier alpha value is -1.82. The van der Waals surface area contributed by atoms with Gasteiger partial charge < -0.3 is 5.32 Å². The van der Waals surface area contributed by atoms with Crippen molar-refractivity contribution in [2.75, 3.05) is 0 Å². The second-order valence-corrected chi connectivity index (χ2v) is 5.07. The van der Waals surface area contributed by atoms with Crippen LogP contribution in [0.2, 0.25) is 0 Å². The SMILES string of the molecule is CC(C)(C#N)C(=O)NC1CC1c1ccccc1. The third-order valence-electron chi connectivity index (χ3n) is 3.18. The zero-order valence-electron chi connectivity index (χ0n) is 10.1. The number of nitriles is 1. The number of nitrogens with zero attached hydrogens (tertiary/aromatic N) is 1. The zero-order valence-corrected chi connectivity index (χ0v) is 10.1. The molecule has 1 aromatic rings. The van der Waals surface area contributed by atoms with Gasteiger partial charge in [-0.2, -0.15) is 5.26 Å². The number of nitrogens with one attached hydrogen (secondary N) is 1. The molecule has 1 aromatic carbocycles. The molecule has 1 aliphatic carbocycles. The van der Waals surface area contributed by atoms with E-state index < -0.39 is 5.41 Å². The third kappa shape index (κ3) is 2.47. The maximum absolute atomic E-state index is 11.8. The molecule has 1 fully saturated rings. The number of hydrogen-bond acceptors (Lipinski definition) is 2. The summed E-state index contributed by atoms with van der Waals surface area (Å²) in [6, 6.07) is 12.4. The van der Waals surface area contributed by atoms with Crippen molar-refractivity contribution in [1.82, 2.24) is 5.32 Å². The molecule has 1 amide bonds. The first-order valence-corrected chi connectivity index (χ1v) is 5.82. The van der Waals surface area contributed by atoms with Crippen LogP contribution in [0.3, 0.4) is 0 Å².